The Bertz CT molecular complexity index is 926. The fourth-order valence-corrected chi connectivity index (χ4v) is 5.53. The summed E-state index contributed by atoms with van der Waals surface area (Å²) in [4.78, 5) is 4.59. The Morgan fingerprint density at radius 2 is 1.74 bits per heavy atom. The van der Waals surface area contributed by atoms with Crippen LogP contribution in [0.2, 0.25) is 0 Å². The van der Waals surface area contributed by atoms with Crippen molar-refractivity contribution in [1.82, 2.24) is 10.2 Å². The highest BCUT2D eigenvalue weighted by Crippen LogP contribution is 2.41. The molecule has 3 aliphatic rings. The zero-order valence-electron chi connectivity index (χ0n) is 18.0. The van der Waals surface area contributed by atoms with Crippen molar-refractivity contribution in [3.8, 4) is 6.07 Å². The third-order valence-corrected chi connectivity index (χ3v) is 7.54. The number of nitrogens with zero attached hydrogens (tertiary/aromatic N) is 3. The number of likely N-dealkylation sites (tertiary alicyclic amines) is 1. The molecule has 2 unspecified atom stereocenters. The Morgan fingerprint density at radius 3 is 2.45 bits per heavy atom. The van der Waals surface area contributed by atoms with Gasteiger partial charge in [-0.15, -0.1) is 0 Å². The molecule has 1 N–H and O–H groups in total. The Kier molecular flexibility index (Phi) is 5.69. The molecule has 2 atom stereocenters. The number of hydrogen-bond acceptors (Lipinski definition) is 4. The largest absolute Gasteiger partial charge is 0.365 e. The standard InChI is InChI=1S/C26H31FN4/c27-23-8-4-5-9-25(23)30-18-26(19-30,12-13-28)31-14-10-20(11-15-31)17-29-24-16-22(24)21-6-2-1-3-7-21/h1-9,20,22,24,29H,10-12,14-19H2. The van der Waals surface area contributed by atoms with Crippen LogP contribution in [0.25, 0.3) is 0 Å². The molecule has 0 radical (unpaired) electrons. The third-order valence-electron chi connectivity index (χ3n) is 7.54. The second-order valence-corrected chi connectivity index (χ2v) is 9.56. The predicted octanol–water partition coefficient (Wildman–Crippen LogP) is 4.16. The maximum absolute atomic E-state index is 14.2. The highest BCUT2D eigenvalue weighted by Gasteiger charge is 2.49. The number of benzene rings is 2. The van der Waals surface area contributed by atoms with Crippen molar-refractivity contribution >= 4 is 5.69 Å². The van der Waals surface area contributed by atoms with E-state index < -0.39 is 0 Å². The van der Waals surface area contributed by atoms with Crippen LogP contribution < -0.4 is 10.2 Å². The van der Waals surface area contributed by atoms with Gasteiger partial charge in [-0.3, -0.25) is 4.90 Å². The van der Waals surface area contributed by atoms with Crippen molar-refractivity contribution in [2.45, 2.75) is 43.2 Å². The van der Waals surface area contributed by atoms with E-state index in [-0.39, 0.29) is 11.4 Å². The molecule has 1 aliphatic carbocycles. The lowest BCUT2D eigenvalue weighted by Crippen LogP contribution is -2.71. The summed E-state index contributed by atoms with van der Waals surface area (Å²) in [5, 5.41) is 13.2. The Balaban J connectivity index is 1.10. The zero-order chi connectivity index (χ0) is 21.3. The van der Waals surface area contributed by atoms with Crippen molar-refractivity contribution < 1.29 is 4.39 Å². The average Bonchev–Trinajstić information content (AvgIpc) is 3.56. The van der Waals surface area contributed by atoms with Gasteiger partial charge in [-0.1, -0.05) is 42.5 Å². The van der Waals surface area contributed by atoms with E-state index in [1.165, 1.54) is 30.9 Å². The van der Waals surface area contributed by atoms with Crippen LogP contribution in [0.5, 0.6) is 0 Å². The van der Waals surface area contributed by atoms with Gasteiger partial charge in [0.05, 0.1) is 23.7 Å². The molecular formula is C26H31FN4. The summed E-state index contributed by atoms with van der Waals surface area (Å²) in [5.41, 5.74) is 2.00. The van der Waals surface area contributed by atoms with E-state index in [0.717, 1.165) is 32.7 Å². The lowest BCUT2D eigenvalue weighted by Gasteiger charge is -2.57. The van der Waals surface area contributed by atoms with Gasteiger partial charge in [0.15, 0.2) is 0 Å². The summed E-state index contributed by atoms with van der Waals surface area (Å²) in [6, 6.07) is 20.8. The van der Waals surface area contributed by atoms with E-state index in [2.05, 4.69) is 51.5 Å². The molecular weight excluding hydrogens is 387 g/mol. The zero-order valence-corrected chi connectivity index (χ0v) is 18.0. The van der Waals surface area contributed by atoms with E-state index in [1.54, 1.807) is 6.07 Å². The SMILES string of the molecule is N#CCC1(N2CCC(CNC3CC3c3ccccc3)CC2)CN(c2ccccc2F)C1. The number of nitrogens with one attached hydrogen (secondary N) is 1. The van der Waals surface area contributed by atoms with Crippen LogP contribution in [-0.2, 0) is 0 Å². The van der Waals surface area contributed by atoms with Gasteiger partial charge < -0.3 is 10.2 Å². The fraction of sp³-hybridized carbons (Fsp3) is 0.500. The molecule has 0 bridgehead atoms. The topological polar surface area (TPSA) is 42.3 Å². The second kappa shape index (κ2) is 8.61. The molecule has 0 amide bonds. The summed E-state index contributed by atoms with van der Waals surface area (Å²) < 4.78 is 14.2. The van der Waals surface area contributed by atoms with Gasteiger partial charge in [-0.05, 0) is 62.5 Å². The molecule has 2 aromatic carbocycles. The van der Waals surface area contributed by atoms with Crippen molar-refractivity contribution in [3.63, 3.8) is 0 Å². The maximum atomic E-state index is 14.2. The number of hydrogen-bond donors (Lipinski definition) is 1. The molecule has 31 heavy (non-hydrogen) atoms. The van der Waals surface area contributed by atoms with Crippen LogP contribution in [0.1, 0.15) is 37.2 Å². The smallest absolute Gasteiger partial charge is 0.146 e. The molecule has 4 nitrogen and oxygen atoms in total. The quantitative estimate of drug-likeness (QED) is 0.733. The number of piperidine rings is 1. The fourth-order valence-electron chi connectivity index (χ4n) is 5.53. The van der Waals surface area contributed by atoms with E-state index >= 15 is 0 Å². The van der Waals surface area contributed by atoms with E-state index in [4.69, 9.17) is 0 Å². The molecule has 1 saturated carbocycles. The van der Waals surface area contributed by atoms with Crippen LogP contribution >= 0.6 is 0 Å². The number of halogens is 1. The van der Waals surface area contributed by atoms with Crippen LogP contribution in [0.3, 0.4) is 0 Å². The minimum absolute atomic E-state index is 0.121. The molecule has 2 aromatic rings. The highest BCUT2D eigenvalue weighted by molar-refractivity contribution is 5.52. The third kappa shape index (κ3) is 4.20. The van der Waals surface area contributed by atoms with Gasteiger partial charge in [0.25, 0.3) is 0 Å². The van der Waals surface area contributed by atoms with Gasteiger partial charge in [0.1, 0.15) is 5.82 Å². The predicted molar refractivity (Wildman–Crippen MR) is 121 cm³/mol. The molecule has 3 fully saturated rings. The first-order chi connectivity index (χ1) is 15.2. The minimum atomic E-state index is -0.174. The maximum Gasteiger partial charge on any atom is 0.146 e. The lowest BCUT2D eigenvalue weighted by atomic mass is 9.81. The van der Waals surface area contributed by atoms with Crippen molar-refractivity contribution in [2.24, 2.45) is 5.92 Å². The first-order valence-corrected chi connectivity index (χ1v) is 11.6. The first-order valence-electron chi connectivity index (χ1n) is 11.6. The molecule has 5 rings (SSSR count). The molecule has 5 heteroatoms. The molecule has 2 heterocycles. The van der Waals surface area contributed by atoms with Gasteiger partial charge in [0.2, 0.25) is 0 Å². The number of nitriles is 1. The van der Waals surface area contributed by atoms with Crippen LogP contribution in [0.15, 0.2) is 54.6 Å². The minimum Gasteiger partial charge on any atom is -0.365 e. The lowest BCUT2D eigenvalue weighted by molar-refractivity contribution is 0.0296. The summed E-state index contributed by atoms with van der Waals surface area (Å²) in [5.74, 6) is 1.21. The number of para-hydroxylation sites is 1. The molecule has 0 spiro atoms. The number of rotatable bonds is 7. The van der Waals surface area contributed by atoms with E-state index in [1.807, 2.05) is 12.1 Å². The van der Waals surface area contributed by atoms with Crippen molar-refractivity contribution in [2.75, 3.05) is 37.6 Å². The van der Waals surface area contributed by atoms with Crippen molar-refractivity contribution in [3.05, 3.63) is 66.0 Å². The van der Waals surface area contributed by atoms with Gasteiger partial charge >= 0.3 is 0 Å². The average molecular weight is 419 g/mol. The Morgan fingerprint density at radius 1 is 1.03 bits per heavy atom. The normalized spacial score (nSPS) is 25.6. The monoisotopic (exact) mass is 418 g/mol. The molecule has 0 aromatic heterocycles. The van der Waals surface area contributed by atoms with Crippen molar-refractivity contribution in [1.29, 1.82) is 5.26 Å². The molecule has 162 valence electrons. The van der Waals surface area contributed by atoms with Crippen LogP contribution in [0, 0.1) is 23.1 Å². The van der Waals surface area contributed by atoms with E-state index in [9.17, 15) is 9.65 Å². The molecule has 2 aliphatic heterocycles. The second-order valence-electron chi connectivity index (χ2n) is 9.56. The summed E-state index contributed by atoms with van der Waals surface area (Å²) in [6.07, 6.45) is 4.10. The van der Waals surface area contributed by atoms with Gasteiger partial charge in [-0.2, -0.15) is 5.26 Å². The number of anilines is 1. The van der Waals surface area contributed by atoms with Gasteiger partial charge in [0, 0.05) is 25.0 Å². The Labute approximate surface area is 184 Å². The molecule has 2 saturated heterocycles. The summed E-state index contributed by atoms with van der Waals surface area (Å²) >= 11 is 0. The van der Waals surface area contributed by atoms with E-state index in [0.29, 0.717) is 30.0 Å². The first kappa shape index (κ1) is 20.5. The van der Waals surface area contributed by atoms with Crippen LogP contribution in [0.4, 0.5) is 10.1 Å². The summed E-state index contributed by atoms with van der Waals surface area (Å²) in [7, 11) is 0. The summed E-state index contributed by atoms with van der Waals surface area (Å²) in [6.45, 7) is 4.64. The van der Waals surface area contributed by atoms with Crippen LogP contribution in [-0.4, -0.2) is 49.2 Å². The highest BCUT2D eigenvalue weighted by atomic mass is 19.1. The van der Waals surface area contributed by atoms with Gasteiger partial charge in [-0.25, -0.2) is 4.39 Å². The Hall–Kier alpha value is -2.42.